The Morgan fingerprint density at radius 3 is 2.24 bits per heavy atom. The van der Waals surface area contributed by atoms with E-state index in [0.29, 0.717) is 29.8 Å². The summed E-state index contributed by atoms with van der Waals surface area (Å²) in [5.41, 5.74) is 1.51. The highest BCUT2D eigenvalue weighted by Gasteiger charge is 2.21. The summed E-state index contributed by atoms with van der Waals surface area (Å²) in [5.74, 6) is -0.0666. The number of carbonyl (C=O) groups excluding carboxylic acids is 2. The highest BCUT2D eigenvalue weighted by atomic mass is 16.2. The van der Waals surface area contributed by atoms with E-state index >= 15 is 0 Å². The minimum absolute atomic E-state index is 0.0295. The minimum Gasteiger partial charge on any atom is -0.350 e. The molecular formula is C20H30N6O3. The molecule has 0 atom stereocenters. The fourth-order valence-electron chi connectivity index (χ4n) is 3.52. The van der Waals surface area contributed by atoms with Crippen molar-refractivity contribution in [1.29, 1.82) is 0 Å². The molecule has 9 nitrogen and oxygen atoms in total. The number of rotatable bonds is 5. The molecule has 4 N–H and O–H groups in total. The van der Waals surface area contributed by atoms with Gasteiger partial charge in [0.1, 0.15) is 0 Å². The number of aromatic amines is 2. The lowest BCUT2D eigenvalue weighted by molar-refractivity contribution is -0.123. The fourth-order valence-corrected chi connectivity index (χ4v) is 3.52. The van der Waals surface area contributed by atoms with Crippen molar-refractivity contribution in [2.24, 2.45) is 0 Å². The number of nitrogens with zero attached hydrogens (tertiary/aromatic N) is 2. The molecule has 2 amide bonds. The third-order valence-corrected chi connectivity index (χ3v) is 4.73. The van der Waals surface area contributed by atoms with Crippen molar-refractivity contribution >= 4 is 28.5 Å². The number of carbonyl (C=O) groups is 2. The normalized spacial score (nSPS) is 16.5. The molecule has 2 heterocycles. The smallest absolute Gasteiger partial charge is 0.323 e. The first-order valence-electron chi connectivity index (χ1n) is 9.95. The van der Waals surface area contributed by atoms with Crippen LogP contribution >= 0.6 is 0 Å². The fraction of sp³-hybridized carbons (Fsp3) is 0.550. The summed E-state index contributed by atoms with van der Waals surface area (Å²) in [4.78, 5) is 45.5. The maximum absolute atomic E-state index is 12.4. The summed E-state index contributed by atoms with van der Waals surface area (Å²) in [6, 6.07) is 5.26. The van der Waals surface area contributed by atoms with Gasteiger partial charge in [0.2, 0.25) is 11.8 Å². The largest absolute Gasteiger partial charge is 0.350 e. The second-order valence-electron chi connectivity index (χ2n) is 8.59. The average Bonchev–Trinajstić information content (AvgIpc) is 2.82. The summed E-state index contributed by atoms with van der Waals surface area (Å²) in [6.45, 7) is 9.73. The topological polar surface area (TPSA) is 113 Å². The molecule has 0 aliphatic carbocycles. The molecule has 9 heteroatoms. The summed E-state index contributed by atoms with van der Waals surface area (Å²) in [5, 5.41) is 5.87. The summed E-state index contributed by atoms with van der Waals surface area (Å²) in [7, 11) is 0. The molecule has 0 bridgehead atoms. The van der Waals surface area contributed by atoms with Gasteiger partial charge in [0.15, 0.2) is 0 Å². The van der Waals surface area contributed by atoms with Crippen LogP contribution in [0.5, 0.6) is 0 Å². The van der Waals surface area contributed by atoms with Crippen molar-refractivity contribution in [1.82, 2.24) is 25.1 Å². The standard InChI is InChI=1S/C20H30N6O3/c1-20(2,3)24-18(28)13-26-8-4-7-25(9-10-26)12-17(27)21-14-5-6-15-16(11-14)23-19(29)22-15/h5-6,11H,4,7-10,12-13H2,1-3H3,(H,21,27)(H,24,28)(H2,22,23,29). The molecule has 0 saturated carbocycles. The molecule has 2 aromatic rings. The number of amides is 2. The van der Waals surface area contributed by atoms with Gasteiger partial charge in [0, 0.05) is 24.3 Å². The first-order chi connectivity index (χ1) is 13.7. The van der Waals surface area contributed by atoms with Gasteiger partial charge in [0.05, 0.1) is 24.1 Å². The monoisotopic (exact) mass is 402 g/mol. The second-order valence-corrected chi connectivity index (χ2v) is 8.59. The Morgan fingerprint density at radius 1 is 0.966 bits per heavy atom. The Morgan fingerprint density at radius 2 is 1.59 bits per heavy atom. The van der Waals surface area contributed by atoms with Crippen LogP contribution in [0.4, 0.5) is 5.69 Å². The zero-order valence-corrected chi connectivity index (χ0v) is 17.3. The molecule has 29 heavy (non-hydrogen) atoms. The van der Waals surface area contributed by atoms with E-state index in [9.17, 15) is 14.4 Å². The van der Waals surface area contributed by atoms with Crippen molar-refractivity contribution in [3.63, 3.8) is 0 Å². The van der Waals surface area contributed by atoms with Gasteiger partial charge in [-0.3, -0.25) is 19.4 Å². The van der Waals surface area contributed by atoms with E-state index in [1.165, 1.54) is 0 Å². The summed E-state index contributed by atoms with van der Waals surface area (Å²) in [6.07, 6.45) is 0.909. The highest BCUT2D eigenvalue weighted by Crippen LogP contribution is 2.14. The number of H-pyrrole nitrogens is 2. The van der Waals surface area contributed by atoms with Gasteiger partial charge in [0.25, 0.3) is 0 Å². The lowest BCUT2D eigenvalue weighted by atomic mass is 10.1. The SMILES string of the molecule is CC(C)(C)NC(=O)CN1CCCN(CC(=O)Nc2ccc3[nH]c(=O)[nH]c3c2)CC1. The zero-order chi connectivity index (χ0) is 21.0. The molecule has 1 aromatic heterocycles. The van der Waals surface area contributed by atoms with E-state index in [-0.39, 0.29) is 23.0 Å². The number of nitrogens with one attached hydrogen (secondary N) is 4. The molecule has 1 aliphatic rings. The van der Waals surface area contributed by atoms with Gasteiger partial charge in [-0.05, 0) is 58.5 Å². The van der Waals surface area contributed by atoms with Gasteiger partial charge in [-0.2, -0.15) is 0 Å². The van der Waals surface area contributed by atoms with Gasteiger partial charge in [-0.1, -0.05) is 0 Å². The number of hydrogen-bond donors (Lipinski definition) is 4. The van der Waals surface area contributed by atoms with Crippen molar-refractivity contribution in [3.8, 4) is 0 Å². The molecule has 3 rings (SSSR count). The van der Waals surface area contributed by atoms with E-state index in [4.69, 9.17) is 0 Å². The van der Waals surface area contributed by atoms with E-state index < -0.39 is 0 Å². The molecule has 158 valence electrons. The number of imidazole rings is 1. The third-order valence-electron chi connectivity index (χ3n) is 4.73. The molecular weight excluding hydrogens is 372 g/mol. The van der Waals surface area contributed by atoms with E-state index in [1.807, 2.05) is 20.8 Å². The maximum atomic E-state index is 12.4. The van der Waals surface area contributed by atoms with Crippen LogP contribution in [0.2, 0.25) is 0 Å². The van der Waals surface area contributed by atoms with Crippen LogP contribution in [0.3, 0.4) is 0 Å². The molecule has 0 unspecified atom stereocenters. The first kappa shape index (κ1) is 21.1. The van der Waals surface area contributed by atoms with Crippen LogP contribution in [0.15, 0.2) is 23.0 Å². The number of aromatic nitrogens is 2. The molecule has 1 fully saturated rings. The van der Waals surface area contributed by atoms with E-state index in [0.717, 1.165) is 32.6 Å². The lowest BCUT2D eigenvalue weighted by Crippen LogP contribution is -2.46. The first-order valence-corrected chi connectivity index (χ1v) is 9.95. The van der Waals surface area contributed by atoms with Crippen LogP contribution in [-0.4, -0.2) is 76.4 Å². The van der Waals surface area contributed by atoms with E-state index in [1.54, 1.807) is 18.2 Å². The Labute approximate surface area is 169 Å². The highest BCUT2D eigenvalue weighted by molar-refractivity contribution is 5.94. The summed E-state index contributed by atoms with van der Waals surface area (Å²) >= 11 is 0. The third kappa shape index (κ3) is 6.43. The van der Waals surface area contributed by atoms with E-state index in [2.05, 4.69) is 30.4 Å². The molecule has 0 spiro atoms. The van der Waals surface area contributed by atoms with Crippen LogP contribution < -0.4 is 16.3 Å². The predicted molar refractivity (Wildman–Crippen MR) is 113 cm³/mol. The number of benzene rings is 1. The zero-order valence-electron chi connectivity index (χ0n) is 17.3. The quantitative estimate of drug-likeness (QED) is 0.589. The summed E-state index contributed by atoms with van der Waals surface area (Å²) < 4.78 is 0. The number of hydrogen-bond acceptors (Lipinski definition) is 5. The van der Waals surface area contributed by atoms with Crippen LogP contribution in [0.25, 0.3) is 11.0 Å². The van der Waals surface area contributed by atoms with Gasteiger partial charge < -0.3 is 20.6 Å². The second kappa shape index (κ2) is 8.79. The molecule has 0 radical (unpaired) electrons. The van der Waals surface area contributed by atoms with Crippen molar-refractivity contribution in [2.75, 3.05) is 44.6 Å². The molecule has 1 saturated heterocycles. The molecule has 1 aromatic carbocycles. The van der Waals surface area contributed by atoms with Crippen LogP contribution in [0, 0.1) is 0 Å². The minimum atomic E-state index is -0.270. The van der Waals surface area contributed by atoms with Crippen molar-refractivity contribution in [2.45, 2.75) is 32.7 Å². The van der Waals surface area contributed by atoms with Gasteiger partial charge >= 0.3 is 5.69 Å². The Balaban J connectivity index is 1.48. The van der Waals surface area contributed by atoms with Crippen molar-refractivity contribution in [3.05, 3.63) is 28.7 Å². The van der Waals surface area contributed by atoms with Crippen LogP contribution in [0.1, 0.15) is 27.2 Å². The maximum Gasteiger partial charge on any atom is 0.323 e. The Bertz CT molecular complexity index is 926. The Kier molecular flexibility index (Phi) is 6.39. The number of fused-ring (bicyclic) bond motifs is 1. The molecule has 1 aliphatic heterocycles. The van der Waals surface area contributed by atoms with Crippen molar-refractivity contribution < 1.29 is 9.59 Å². The predicted octanol–water partition coefficient (Wildman–Crippen LogP) is 0.717. The van der Waals surface area contributed by atoms with Gasteiger partial charge in [-0.15, -0.1) is 0 Å². The van der Waals surface area contributed by atoms with Crippen LogP contribution in [-0.2, 0) is 9.59 Å². The average molecular weight is 402 g/mol. The Hall–Kier alpha value is -2.65. The van der Waals surface area contributed by atoms with Gasteiger partial charge in [-0.25, -0.2) is 4.79 Å². The lowest BCUT2D eigenvalue weighted by Gasteiger charge is -2.25. The number of anilines is 1.